The fourth-order valence-electron chi connectivity index (χ4n) is 1.30. The Labute approximate surface area is 80.5 Å². The number of rotatable bonds is 1. The lowest BCUT2D eigenvalue weighted by Crippen LogP contribution is -2.43. The number of nitrogens with zero attached hydrogens (tertiary/aromatic N) is 2. The molecule has 0 bridgehead atoms. The van der Waals surface area contributed by atoms with E-state index in [-0.39, 0.29) is 0 Å². The number of hydrogen-bond donors (Lipinski definition) is 1. The second kappa shape index (κ2) is 3.60. The summed E-state index contributed by atoms with van der Waals surface area (Å²) in [5.41, 5.74) is 0. The van der Waals surface area contributed by atoms with Crippen LogP contribution in [0.3, 0.4) is 0 Å². The van der Waals surface area contributed by atoms with Crippen molar-refractivity contribution >= 4 is 28.1 Å². The molecule has 0 spiro atoms. The van der Waals surface area contributed by atoms with Crippen LogP contribution in [0, 0.1) is 0 Å². The minimum absolute atomic E-state index is 0.780. The Kier molecular flexibility index (Phi) is 2.48. The molecule has 0 atom stereocenters. The molecule has 2 heterocycles. The molecule has 1 aromatic rings. The Morgan fingerprint density at radius 3 is 2.83 bits per heavy atom. The third kappa shape index (κ3) is 1.55. The minimum atomic E-state index is 0.780. The maximum Gasteiger partial charge on any atom is 0.130 e. The number of aromatic nitrogens is 1. The zero-order valence-corrected chi connectivity index (χ0v) is 8.16. The summed E-state index contributed by atoms with van der Waals surface area (Å²) < 4.78 is 4.04. The lowest BCUT2D eigenvalue weighted by Gasteiger charge is -2.27. The van der Waals surface area contributed by atoms with Crippen molar-refractivity contribution < 1.29 is 0 Å². The molecular formula is C7H10ClN3S. The summed E-state index contributed by atoms with van der Waals surface area (Å²) in [5, 5.41) is 5.18. The number of nitrogens with one attached hydrogen (secondary N) is 1. The molecule has 1 fully saturated rings. The van der Waals surface area contributed by atoms with Gasteiger partial charge in [0.05, 0.1) is 11.2 Å². The molecule has 1 aliphatic heterocycles. The summed E-state index contributed by atoms with van der Waals surface area (Å²) in [6, 6.07) is 0. The van der Waals surface area contributed by atoms with Crippen molar-refractivity contribution in [1.29, 1.82) is 0 Å². The van der Waals surface area contributed by atoms with Gasteiger partial charge in [-0.1, -0.05) is 11.6 Å². The quantitative estimate of drug-likeness (QED) is 0.744. The predicted octanol–water partition coefficient (Wildman–Crippen LogP) is 1.21. The van der Waals surface area contributed by atoms with Gasteiger partial charge in [-0.3, -0.25) is 0 Å². The third-order valence-electron chi connectivity index (χ3n) is 1.91. The molecule has 5 heteroatoms. The minimum Gasteiger partial charge on any atom is -0.358 e. The topological polar surface area (TPSA) is 28.2 Å². The van der Waals surface area contributed by atoms with E-state index < -0.39 is 0 Å². The van der Waals surface area contributed by atoms with Gasteiger partial charge in [0.15, 0.2) is 0 Å². The van der Waals surface area contributed by atoms with Gasteiger partial charge in [0.2, 0.25) is 0 Å². The van der Waals surface area contributed by atoms with Gasteiger partial charge in [-0.25, -0.2) is 0 Å². The highest BCUT2D eigenvalue weighted by molar-refractivity contribution is 7.11. The molecule has 1 aromatic heterocycles. The SMILES string of the molecule is Clc1cnsc1N1CCNCC1. The van der Waals surface area contributed by atoms with Crippen molar-refractivity contribution in [2.45, 2.75) is 0 Å². The Morgan fingerprint density at radius 2 is 2.25 bits per heavy atom. The highest BCUT2D eigenvalue weighted by Gasteiger charge is 2.14. The van der Waals surface area contributed by atoms with Crippen molar-refractivity contribution in [1.82, 2.24) is 9.69 Å². The first kappa shape index (κ1) is 8.29. The van der Waals surface area contributed by atoms with Crippen LogP contribution >= 0.6 is 23.1 Å². The van der Waals surface area contributed by atoms with E-state index in [1.54, 1.807) is 6.20 Å². The van der Waals surface area contributed by atoms with E-state index in [4.69, 9.17) is 11.6 Å². The first-order valence-electron chi connectivity index (χ1n) is 3.94. The molecule has 0 unspecified atom stereocenters. The molecule has 0 amide bonds. The van der Waals surface area contributed by atoms with Gasteiger partial charge in [0.1, 0.15) is 5.00 Å². The average molecular weight is 204 g/mol. The van der Waals surface area contributed by atoms with E-state index in [1.807, 2.05) is 0 Å². The van der Waals surface area contributed by atoms with E-state index in [0.717, 1.165) is 36.2 Å². The van der Waals surface area contributed by atoms with Gasteiger partial charge in [0, 0.05) is 26.2 Å². The lowest BCUT2D eigenvalue weighted by molar-refractivity contribution is 0.592. The largest absolute Gasteiger partial charge is 0.358 e. The van der Waals surface area contributed by atoms with E-state index in [2.05, 4.69) is 14.6 Å². The van der Waals surface area contributed by atoms with Gasteiger partial charge in [-0.2, -0.15) is 4.37 Å². The van der Waals surface area contributed by atoms with E-state index in [0.29, 0.717) is 0 Å². The van der Waals surface area contributed by atoms with E-state index in [1.165, 1.54) is 11.5 Å². The van der Waals surface area contributed by atoms with Gasteiger partial charge in [-0.05, 0) is 11.5 Å². The van der Waals surface area contributed by atoms with Gasteiger partial charge in [0.25, 0.3) is 0 Å². The summed E-state index contributed by atoms with van der Waals surface area (Å²) in [6.45, 7) is 4.13. The molecule has 12 heavy (non-hydrogen) atoms. The van der Waals surface area contributed by atoms with Crippen LogP contribution in [-0.2, 0) is 0 Å². The van der Waals surface area contributed by atoms with Crippen LogP contribution in [0.25, 0.3) is 0 Å². The van der Waals surface area contributed by atoms with Crippen LogP contribution in [0.1, 0.15) is 0 Å². The van der Waals surface area contributed by atoms with Crippen LogP contribution in [0.15, 0.2) is 6.20 Å². The van der Waals surface area contributed by atoms with Crippen molar-refractivity contribution in [2.24, 2.45) is 0 Å². The van der Waals surface area contributed by atoms with Crippen LogP contribution in [0.2, 0.25) is 5.02 Å². The predicted molar refractivity (Wildman–Crippen MR) is 52.2 cm³/mol. The summed E-state index contributed by atoms with van der Waals surface area (Å²) >= 11 is 7.43. The van der Waals surface area contributed by atoms with Crippen molar-refractivity contribution in [3.05, 3.63) is 11.2 Å². The Bertz CT molecular complexity index is 257. The molecule has 66 valence electrons. The zero-order chi connectivity index (χ0) is 8.39. The third-order valence-corrected chi connectivity index (χ3v) is 3.16. The molecule has 2 rings (SSSR count). The van der Waals surface area contributed by atoms with Crippen LogP contribution in [0.5, 0.6) is 0 Å². The van der Waals surface area contributed by atoms with Crippen molar-refractivity contribution in [2.75, 3.05) is 31.1 Å². The molecular weight excluding hydrogens is 194 g/mol. The molecule has 1 aliphatic rings. The van der Waals surface area contributed by atoms with Gasteiger partial charge < -0.3 is 10.2 Å². The van der Waals surface area contributed by atoms with E-state index in [9.17, 15) is 0 Å². The van der Waals surface area contributed by atoms with Crippen LogP contribution in [-0.4, -0.2) is 30.6 Å². The molecule has 1 N–H and O–H groups in total. The average Bonchev–Trinajstić information content (AvgIpc) is 2.53. The molecule has 0 aromatic carbocycles. The van der Waals surface area contributed by atoms with Gasteiger partial charge >= 0.3 is 0 Å². The summed E-state index contributed by atoms with van der Waals surface area (Å²) in [4.78, 5) is 2.27. The van der Waals surface area contributed by atoms with Crippen LogP contribution in [0.4, 0.5) is 5.00 Å². The second-order valence-electron chi connectivity index (χ2n) is 2.72. The molecule has 0 radical (unpaired) electrons. The summed E-state index contributed by atoms with van der Waals surface area (Å²) in [7, 11) is 0. The first-order chi connectivity index (χ1) is 5.88. The Balaban J connectivity index is 2.13. The highest BCUT2D eigenvalue weighted by Crippen LogP contribution is 2.29. The normalized spacial score (nSPS) is 18.2. The number of piperazine rings is 1. The smallest absolute Gasteiger partial charge is 0.130 e. The molecule has 1 saturated heterocycles. The monoisotopic (exact) mass is 203 g/mol. The first-order valence-corrected chi connectivity index (χ1v) is 5.09. The van der Waals surface area contributed by atoms with Crippen LogP contribution < -0.4 is 10.2 Å². The molecule has 3 nitrogen and oxygen atoms in total. The Hall–Kier alpha value is -0.320. The number of halogens is 1. The Morgan fingerprint density at radius 1 is 1.50 bits per heavy atom. The highest BCUT2D eigenvalue weighted by atomic mass is 35.5. The number of anilines is 1. The lowest BCUT2D eigenvalue weighted by atomic mass is 10.4. The number of hydrogen-bond acceptors (Lipinski definition) is 4. The maximum absolute atomic E-state index is 5.96. The van der Waals surface area contributed by atoms with Crippen molar-refractivity contribution in [3.8, 4) is 0 Å². The van der Waals surface area contributed by atoms with E-state index >= 15 is 0 Å². The standard InChI is InChI=1S/C7H10ClN3S/c8-6-5-10-12-7(6)11-3-1-9-2-4-11/h5,9H,1-4H2. The second-order valence-corrected chi connectivity index (χ2v) is 3.90. The fourth-order valence-corrected chi connectivity index (χ4v) is 2.32. The molecule has 0 aliphatic carbocycles. The fraction of sp³-hybridized carbons (Fsp3) is 0.571. The van der Waals surface area contributed by atoms with Crippen molar-refractivity contribution in [3.63, 3.8) is 0 Å². The van der Waals surface area contributed by atoms with Gasteiger partial charge in [-0.15, -0.1) is 0 Å². The summed E-state index contributed by atoms with van der Waals surface area (Å²) in [5.74, 6) is 0. The zero-order valence-electron chi connectivity index (χ0n) is 6.59. The maximum atomic E-state index is 5.96. The molecule has 0 saturated carbocycles. The summed E-state index contributed by atoms with van der Waals surface area (Å²) in [6.07, 6.45) is 1.71.